The SMILES string of the molecule is CN(C)C(=O)C1CCCC(NC(=O)C[C@@H]2CCC[C@H]2N)C1. The number of carbonyl (C=O) groups is 2. The van der Waals surface area contributed by atoms with E-state index in [1.54, 1.807) is 19.0 Å². The van der Waals surface area contributed by atoms with Crippen LogP contribution in [0.4, 0.5) is 0 Å². The van der Waals surface area contributed by atoms with Gasteiger partial charge in [-0.15, -0.1) is 0 Å². The molecule has 2 unspecified atom stereocenters. The minimum Gasteiger partial charge on any atom is -0.353 e. The Morgan fingerprint density at radius 1 is 1.14 bits per heavy atom. The van der Waals surface area contributed by atoms with Crippen molar-refractivity contribution < 1.29 is 9.59 Å². The summed E-state index contributed by atoms with van der Waals surface area (Å²) in [6.45, 7) is 0. The van der Waals surface area contributed by atoms with Crippen molar-refractivity contribution in [2.75, 3.05) is 14.1 Å². The summed E-state index contributed by atoms with van der Waals surface area (Å²) in [5, 5.41) is 3.12. The summed E-state index contributed by atoms with van der Waals surface area (Å²) in [6, 6.07) is 0.336. The molecule has 120 valence electrons. The lowest BCUT2D eigenvalue weighted by Gasteiger charge is -2.31. The largest absolute Gasteiger partial charge is 0.353 e. The van der Waals surface area contributed by atoms with E-state index >= 15 is 0 Å². The van der Waals surface area contributed by atoms with Crippen molar-refractivity contribution in [2.24, 2.45) is 17.6 Å². The molecule has 3 N–H and O–H groups in total. The monoisotopic (exact) mass is 295 g/mol. The van der Waals surface area contributed by atoms with Gasteiger partial charge in [0, 0.05) is 38.5 Å². The molecule has 21 heavy (non-hydrogen) atoms. The highest BCUT2D eigenvalue weighted by molar-refractivity contribution is 5.79. The topological polar surface area (TPSA) is 75.4 Å². The van der Waals surface area contributed by atoms with Crippen LogP contribution in [-0.4, -0.2) is 42.9 Å². The Bertz CT molecular complexity index is 384. The van der Waals surface area contributed by atoms with Gasteiger partial charge in [0.1, 0.15) is 0 Å². The van der Waals surface area contributed by atoms with Crippen LogP contribution in [-0.2, 0) is 9.59 Å². The molecule has 5 nitrogen and oxygen atoms in total. The first-order valence-electron chi connectivity index (χ1n) is 8.23. The number of hydrogen-bond acceptors (Lipinski definition) is 3. The molecule has 2 amide bonds. The molecule has 0 spiro atoms. The van der Waals surface area contributed by atoms with Crippen LogP contribution in [0.1, 0.15) is 51.4 Å². The molecule has 2 aliphatic carbocycles. The van der Waals surface area contributed by atoms with E-state index in [9.17, 15) is 9.59 Å². The maximum atomic E-state index is 12.2. The summed E-state index contributed by atoms with van der Waals surface area (Å²) >= 11 is 0. The number of nitrogens with zero attached hydrogens (tertiary/aromatic N) is 1. The van der Waals surface area contributed by atoms with Gasteiger partial charge in [-0.2, -0.15) is 0 Å². The lowest BCUT2D eigenvalue weighted by atomic mass is 9.84. The molecule has 0 bridgehead atoms. The second kappa shape index (κ2) is 7.25. The highest BCUT2D eigenvalue weighted by Gasteiger charge is 2.30. The van der Waals surface area contributed by atoms with Crippen molar-refractivity contribution in [1.29, 1.82) is 0 Å². The normalized spacial score (nSPS) is 32.7. The Morgan fingerprint density at radius 2 is 1.86 bits per heavy atom. The van der Waals surface area contributed by atoms with Crippen LogP contribution in [0.5, 0.6) is 0 Å². The number of rotatable bonds is 4. The quantitative estimate of drug-likeness (QED) is 0.820. The molecule has 0 radical (unpaired) electrons. The predicted octanol–water partition coefficient (Wildman–Crippen LogP) is 1.27. The number of hydrogen-bond donors (Lipinski definition) is 2. The standard InChI is InChI=1S/C16H29N3O2/c1-19(2)16(21)12-6-3-7-13(9-12)18-15(20)10-11-5-4-8-14(11)17/h11-14H,3-10,17H2,1-2H3,(H,18,20)/t11-,12?,13?,14+/m0/s1. The molecule has 0 aromatic heterocycles. The van der Waals surface area contributed by atoms with Crippen molar-refractivity contribution in [3.05, 3.63) is 0 Å². The van der Waals surface area contributed by atoms with E-state index in [0.29, 0.717) is 12.3 Å². The summed E-state index contributed by atoms with van der Waals surface area (Å²) < 4.78 is 0. The Labute approximate surface area is 127 Å². The summed E-state index contributed by atoms with van der Waals surface area (Å²) in [7, 11) is 3.60. The van der Waals surface area contributed by atoms with E-state index < -0.39 is 0 Å². The third-order valence-corrected chi connectivity index (χ3v) is 4.99. The zero-order valence-electron chi connectivity index (χ0n) is 13.3. The Balaban J connectivity index is 1.79. The molecule has 2 aliphatic rings. The van der Waals surface area contributed by atoms with E-state index in [4.69, 9.17) is 5.73 Å². The van der Waals surface area contributed by atoms with Gasteiger partial charge in [0.2, 0.25) is 11.8 Å². The number of carbonyl (C=O) groups excluding carboxylic acids is 2. The van der Waals surface area contributed by atoms with Crippen molar-refractivity contribution in [2.45, 2.75) is 63.5 Å². The van der Waals surface area contributed by atoms with Crippen molar-refractivity contribution in [1.82, 2.24) is 10.2 Å². The van der Waals surface area contributed by atoms with Crippen molar-refractivity contribution in [3.8, 4) is 0 Å². The van der Waals surface area contributed by atoms with Gasteiger partial charge in [0.05, 0.1) is 0 Å². The minimum absolute atomic E-state index is 0.0628. The van der Waals surface area contributed by atoms with Gasteiger partial charge in [0.15, 0.2) is 0 Å². The van der Waals surface area contributed by atoms with Gasteiger partial charge < -0.3 is 16.0 Å². The van der Waals surface area contributed by atoms with Gasteiger partial charge in [-0.05, 0) is 38.0 Å². The fraction of sp³-hybridized carbons (Fsp3) is 0.875. The van der Waals surface area contributed by atoms with Gasteiger partial charge in [0.25, 0.3) is 0 Å². The molecular formula is C16H29N3O2. The van der Waals surface area contributed by atoms with Crippen LogP contribution in [0.15, 0.2) is 0 Å². The van der Waals surface area contributed by atoms with Crippen LogP contribution in [0, 0.1) is 11.8 Å². The maximum absolute atomic E-state index is 12.2. The average molecular weight is 295 g/mol. The molecule has 4 atom stereocenters. The maximum Gasteiger partial charge on any atom is 0.225 e. The number of nitrogens with one attached hydrogen (secondary N) is 1. The fourth-order valence-corrected chi connectivity index (χ4v) is 3.75. The molecule has 0 aromatic rings. The first-order valence-corrected chi connectivity index (χ1v) is 8.23. The summed E-state index contributed by atoms with van der Waals surface area (Å²) in [4.78, 5) is 25.9. The molecule has 0 aromatic carbocycles. The first kappa shape index (κ1) is 16.3. The molecule has 2 saturated carbocycles. The van der Waals surface area contributed by atoms with Crippen LogP contribution in [0.2, 0.25) is 0 Å². The summed E-state index contributed by atoms with van der Waals surface area (Å²) in [6.07, 6.45) is 7.52. The second-order valence-corrected chi connectivity index (χ2v) is 6.92. The molecular weight excluding hydrogens is 266 g/mol. The van der Waals surface area contributed by atoms with Crippen molar-refractivity contribution >= 4 is 11.8 Å². The Morgan fingerprint density at radius 3 is 2.48 bits per heavy atom. The highest BCUT2D eigenvalue weighted by Crippen LogP contribution is 2.28. The van der Waals surface area contributed by atoms with Gasteiger partial charge >= 0.3 is 0 Å². The first-order chi connectivity index (χ1) is 9.97. The molecule has 2 fully saturated rings. The highest BCUT2D eigenvalue weighted by atomic mass is 16.2. The third-order valence-electron chi connectivity index (χ3n) is 4.99. The van der Waals surface area contributed by atoms with Gasteiger partial charge in [-0.3, -0.25) is 9.59 Å². The van der Waals surface area contributed by atoms with Crippen LogP contribution in [0.25, 0.3) is 0 Å². The van der Waals surface area contributed by atoms with Crippen LogP contribution < -0.4 is 11.1 Å². The summed E-state index contributed by atoms with van der Waals surface area (Å²) in [5.74, 6) is 0.702. The summed E-state index contributed by atoms with van der Waals surface area (Å²) in [5.41, 5.74) is 6.03. The zero-order chi connectivity index (χ0) is 15.4. The Kier molecular flexibility index (Phi) is 5.62. The Hall–Kier alpha value is -1.10. The fourth-order valence-electron chi connectivity index (χ4n) is 3.75. The van der Waals surface area contributed by atoms with Crippen molar-refractivity contribution in [3.63, 3.8) is 0 Å². The smallest absolute Gasteiger partial charge is 0.225 e. The predicted molar refractivity (Wildman–Crippen MR) is 82.5 cm³/mol. The van der Waals surface area contributed by atoms with Gasteiger partial charge in [-0.25, -0.2) is 0 Å². The average Bonchev–Trinajstić information content (AvgIpc) is 2.83. The molecule has 0 saturated heterocycles. The van der Waals surface area contributed by atoms with Crippen LogP contribution >= 0.6 is 0 Å². The molecule has 0 aliphatic heterocycles. The lowest BCUT2D eigenvalue weighted by molar-refractivity contribution is -0.135. The van der Waals surface area contributed by atoms with E-state index in [1.165, 1.54) is 0 Å². The van der Waals surface area contributed by atoms with Crippen LogP contribution in [0.3, 0.4) is 0 Å². The van der Waals surface area contributed by atoms with Gasteiger partial charge in [-0.1, -0.05) is 12.8 Å². The van der Waals surface area contributed by atoms with E-state index in [-0.39, 0.29) is 29.8 Å². The molecule has 5 heteroatoms. The number of nitrogens with two attached hydrogens (primary N) is 1. The van der Waals surface area contributed by atoms with E-state index in [1.807, 2.05) is 0 Å². The molecule has 2 rings (SSSR count). The number of amides is 2. The van der Waals surface area contributed by atoms with E-state index in [2.05, 4.69) is 5.32 Å². The minimum atomic E-state index is 0.0628. The lowest BCUT2D eigenvalue weighted by Crippen LogP contribution is -2.43. The third kappa shape index (κ3) is 4.43. The second-order valence-electron chi connectivity index (χ2n) is 6.92. The van der Waals surface area contributed by atoms with E-state index in [0.717, 1.165) is 44.9 Å². The zero-order valence-corrected chi connectivity index (χ0v) is 13.3. The molecule has 0 heterocycles.